The normalized spacial score (nSPS) is 13.6. The molecule has 0 saturated carbocycles. The molecule has 2 nitrogen and oxygen atoms in total. The summed E-state index contributed by atoms with van der Waals surface area (Å²) in [6.07, 6.45) is 1.92. The van der Waals surface area contributed by atoms with Gasteiger partial charge in [-0.3, -0.25) is 5.01 Å². The molecule has 0 bridgehead atoms. The summed E-state index contributed by atoms with van der Waals surface area (Å²) in [5.74, 6) is 0. The average molecular weight is 287 g/mol. The molecule has 0 fully saturated rings. The van der Waals surface area contributed by atoms with Crippen LogP contribution in [0.1, 0.15) is 11.1 Å². The van der Waals surface area contributed by atoms with Gasteiger partial charge in [-0.1, -0.05) is 40.2 Å². The standard InChI is InChI=1S/C14H11BrN2/c15-13-5-7-14(8-6-13)17-10-12-4-2-1-3-11(12)9-16-17/h1-9H,10H2. The minimum atomic E-state index is 0.828. The van der Waals surface area contributed by atoms with Gasteiger partial charge in [0.1, 0.15) is 0 Å². The molecule has 0 radical (unpaired) electrons. The number of benzene rings is 2. The van der Waals surface area contributed by atoms with Crippen LogP contribution in [0.5, 0.6) is 0 Å². The molecule has 3 heteroatoms. The van der Waals surface area contributed by atoms with Crippen molar-refractivity contribution in [2.45, 2.75) is 6.54 Å². The first kappa shape index (κ1) is 10.5. The zero-order chi connectivity index (χ0) is 11.7. The Bertz CT molecular complexity index is 561. The van der Waals surface area contributed by atoms with Crippen molar-refractivity contribution in [3.05, 3.63) is 64.1 Å². The third-order valence-electron chi connectivity index (χ3n) is 2.84. The highest BCUT2D eigenvalue weighted by Gasteiger charge is 2.12. The lowest BCUT2D eigenvalue weighted by molar-refractivity contribution is 0.843. The second-order valence-electron chi connectivity index (χ2n) is 3.98. The number of hydrogen-bond donors (Lipinski definition) is 0. The number of halogens is 1. The summed E-state index contributed by atoms with van der Waals surface area (Å²) in [7, 11) is 0. The molecule has 1 heterocycles. The highest BCUT2D eigenvalue weighted by atomic mass is 79.9. The fourth-order valence-electron chi connectivity index (χ4n) is 1.91. The predicted octanol–water partition coefficient (Wildman–Crippen LogP) is 3.80. The second-order valence-corrected chi connectivity index (χ2v) is 4.89. The summed E-state index contributed by atoms with van der Waals surface area (Å²) >= 11 is 3.44. The SMILES string of the molecule is Brc1ccc(N2Cc3ccccc3C=N2)cc1. The van der Waals surface area contributed by atoms with Gasteiger partial charge in [0.15, 0.2) is 0 Å². The van der Waals surface area contributed by atoms with Crippen molar-refractivity contribution in [3.8, 4) is 0 Å². The summed E-state index contributed by atoms with van der Waals surface area (Å²) in [5, 5.41) is 6.47. The first-order chi connectivity index (χ1) is 8.33. The largest absolute Gasteiger partial charge is 0.261 e. The van der Waals surface area contributed by atoms with E-state index < -0.39 is 0 Å². The monoisotopic (exact) mass is 286 g/mol. The molecule has 0 unspecified atom stereocenters. The average Bonchev–Trinajstić information content (AvgIpc) is 2.39. The number of hydrazone groups is 1. The first-order valence-electron chi connectivity index (χ1n) is 5.48. The van der Waals surface area contributed by atoms with Gasteiger partial charge in [-0.2, -0.15) is 5.10 Å². The molecule has 2 aromatic rings. The lowest BCUT2D eigenvalue weighted by atomic mass is 10.1. The smallest absolute Gasteiger partial charge is 0.0672 e. The maximum absolute atomic E-state index is 4.46. The molecule has 0 saturated heterocycles. The van der Waals surface area contributed by atoms with E-state index >= 15 is 0 Å². The Balaban J connectivity index is 1.92. The van der Waals surface area contributed by atoms with E-state index in [1.165, 1.54) is 11.1 Å². The van der Waals surface area contributed by atoms with E-state index in [9.17, 15) is 0 Å². The summed E-state index contributed by atoms with van der Waals surface area (Å²) < 4.78 is 1.09. The molecule has 1 aliphatic rings. The molecule has 0 N–H and O–H groups in total. The van der Waals surface area contributed by atoms with Crippen LogP contribution in [0, 0.1) is 0 Å². The van der Waals surface area contributed by atoms with Gasteiger partial charge in [-0.25, -0.2) is 0 Å². The van der Waals surface area contributed by atoms with Crippen molar-refractivity contribution < 1.29 is 0 Å². The second kappa shape index (κ2) is 4.34. The molecule has 17 heavy (non-hydrogen) atoms. The topological polar surface area (TPSA) is 15.6 Å². The number of hydrogen-bond acceptors (Lipinski definition) is 2. The van der Waals surface area contributed by atoms with Crippen LogP contribution in [-0.2, 0) is 6.54 Å². The zero-order valence-electron chi connectivity index (χ0n) is 9.18. The molecule has 0 amide bonds. The number of nitrogens with zero attached hydrogens (tertiary/aromatic N) is 2. The Morgan fingerprint density at radius 2 is 1.76 bits per heavy atom. The minimum absolute atomic E-state index is 0.828. The number of rotatable bonds is 1. The Morgan fingerprint density at radius 3 is 2.59 bits per heavy atom. The summed E-state index contributed by atoms with van der Waals surface area (Å²) in [6.45, 7) is 0.828. The van der Waals surface area contributed by atoms with Crippen LogP contribution in [-0.4, -0.2) is 6.21 Å². The van der Waals surface area contributed by atoms with Gasteiger partial charge < -0.3 is 0 Å². The fourth-order valence-corrected chi connectivity index (χ4v) is 2.17. The van der Waals surface area contributed by atoms with E-state index in [0.29, 0.717) is 0 Å². The van der Waals surface area contributed by atoms with Crippen LogP contribution < -0.4 is 5.01 Å². The van der Waals surface area contributed by atoms with E-state index in [1.54, 1.807) is 0 Å². The van der Waals surface area contributed by atoms with Crippen LogP contribution in [0.3, 0.4) is 0 Å². The van der Waals surface area contributed by atoms with Crippen LogP contribution >= 0.6 is 15.9 Å². The number of anilines is 1. The molecule has 1 aliphatic heterocycles. The van der Waals surface area contributed by atoms with Gasteiger partial charge in [0.2, 0.25) is 0 Å². The van der Waals surface area contributed by atoms with Crippen molar-refractivity contribution in [2.24, 2.45) is 5.10 Å². The molecule has 0 aliphatic carbocycles. The lowest BCUT2D eigenvalue weighted by Crippen LogP contribution is -2.20. The first-order valence-corrected chi connectivity index (χ1v) is 6.27. The molecule has 0 atom stereocenters. The Morgan fingerprint density at radius 1 is 1.00 bits per heavy atom. The van der Waals surface area contributed by atoms with Gasteiger partial charge >= 0.3 is 0 Å². The van der Waals surface area contributed by atoms with E-state index in [1.807, 2.05) is 29.4 Å². The minimum Gasteiger partial charge on any atom is -0.261 e. The molecule has 3 rings (SSSR count). The Kier molecular flexibility index (Phi) is 2.69. The number of fused-ring (bicyclic) bond motifs is 1. The van der Waals surface area contributed by atoms with Gasteiger partial charge in [0, 0.05) is 4.47 Å². The van der Waals surface area contributed by atoms with Crippen molar-refractivity contribution in [1.82, 2.24) is 0 Å². The molecule has 0 spiro atoms. The molecular formula is C14H11BrN2. The maximum atomic E-state index is 4.46. The summed E-state index contributed by atoms with van der Waals surface area (Å²) in [5.41, 5.74) is 3.63. The highest BCUT2D eigenvalue weighted by Crippen LogP contribution is 2.23. The van der Waals surface area contributed by atoms with Crippen LogP contribution in [0.25, 0.3) is 0 Å². The van der Waals surface area contributed by atoms with Crippen molar-refractivity contribution in [2.75, 3.05) is 5.01 Å². The summed E-state index contributed by atoms with van der Waals surface area (Å²) in [6, 6.07) is 16.5. The quantitative estimate of drug-likeness (QED) is 0.779. The maximum Gasteiger partial charge on any atom is 0.0672 e. The van der Waals surface area contributed by atoms with Crippen molar-refractivity contribution in [3.63, 3.8) is 0 Å². The summed E-state index contributed by atoms with van der Waals surface area (Å²) in [4.78, 5) is 0. The van der Waals surface area contributed by atoms with E-state index in [4.69, 9.17) is 0 Å². The third-order valence-corrected chi connectivity index (χ3v) is 3.36. The predicted molar refractivity (Wildman–Crippen MR) is 74.4 cm³/mol. The lowest BCUT2D eigenvalue weighted by Gasteiger charge is -2.23. The molecule has 2 aromatic carbocycles. The van der Waals surface area contributed by atoms with E-state index in [-0.39, 0.29) is 0 Å². The zero-order valence-corrected chi connectivity index (χ0v) is 10.8. The molecule has 84 valence electrons. The van der Waals surface area contributed by atoms with Crippen LogP contribution in [0.4, 0.5) is 5.69 Å². The van der Waals surface area contributed by atoms with Crippen molar-refractivity contribution >= 4 is 27.8 Å². The van der Waals surface area contributed by atoms with Gasteiger partial charge in [0.05, 0.1) is 18.4 Å². The van der Waals surface area contributed by atoms with Crippen molar-refractivity contribution in [1.29, 1.82) is 0 Å². The van der Waals surface area contributed by atoms with E-state index in [0.717, 1.165) is 16.7 Å². The fraction of sp³-hybridized carbons (Fsp3) is 0.0714. The third kappa shape index (κ3) is 2.11. The van der Waals surface area contributed by atoms with Crippen LogP contribution in [0.2, 0.25) is 0 Å². The van der Waals surface area contributed by atoms with E-state index in [2.05, 4.69) is 51.4 Å². The molecule has 0 aromatic heterocycles. The Labute approximate surface area is 109 Å². The van der Waals surface area contributed by atoms with Gasteiger partial charge in [-0.05, 0) is 35.4 Å². The Hall–Kier alpha value is -1.61. The van der Waals surface area contributed by atoms with Gasteiger partial charge in [-0.15, -0.1) is 0 Å². The highest BCUT2D eigenvalue weighted by molar-refractivity contribution is 9.10. The van der Waals surface area contributed by atoms with Gasteiger partial charge in [0.25, 0.3) is 0 Å². The molecular weight excluding hydrogens is 276 g/mol. The van der Waals surface area contributed by atoms with Crippen LogP contribution in [0.15, 0.2) is 58.1 Å².